The van der Waals surface area contributed by atoms with Gasteiger partial charge in [-0.2, -0.15) is 0 Å². The molecule has 36 valence electrons. The minimum absolute atomic E-state index is 1.18. The topological polar surface area (TPSA) is 0 Å². The summed E-state index contributed by atoms with van der Waals surface area (Å²) in [4.78, 5) is 0. The number of hydrogen-bond acceptors (Lipinski definition) is 0. The Hall–Kier alpha value is 0.170. The van der Waals surface area contributed by atoms with Crippen molar-refractivity contribution in [1.29, 1.82) is 0 Å². The number of allylic oxidation sites excluding steroid dienone is 2. The average molecular weight is 102 g/mol. The van der Waals surface area contributed by atoms with E-state index in [2.05, 4.69) is 21.4 Å². The van der Waals surface area contributed by atoms with Crippen LogP contribution in [0.1, 0.15) is 13.3 Å². The zero-order valence-corrected chi connectivity index (χ0v) is 5.30. The van der Waals surface area contributed by atoms with E-state index in [9.17, 15) is 0 Å². The smallest absolute Gasteiger partial charge is 0.0316 e. The van der Waals surface area contributed by atoms with Gasteiger partial charge in [0.25, 0.3) is 0 Å². The second-order valence-corrected chi connectivity index (χ2v) is 1.72. The second-order valence-electron chi connectivity index (χ2n) is 1.15. The van der Waals surface area contributed by atoms with E-state index < -0.39 is 0 Å². The van der Waals surface area contributed by atoms with Crippen LogP contribution in [0.3, 0.4) is 0 Å². The van der Waals surface area contributed by atoms with Crippen molar-refractivity contribution in [2.45, 2.75) is 13.3 Å². The van der Waals surface area contributed by atoms with Crippen LogP contribution in [0.2, 0.25) is 0 Å². The van der Waals surface area contributed by atoms with E-state index in [1.165, 1.54) is 12.6 Å². The highest BCUT2D eigenvalue weighted by atomic mass is 31.0. The van der Waals surface area contributed by atoms with Gasteiger partial charge in [-0.3, -0.25) is 0 Å². The van der Waals surface area contributed by atoms with Crippen molar-refractivity contribution in [1.82, 2.24) is 0 Å². The first kappa shape index (κ1) is 6.17. The standard InChI is InChI=1S/C5H11P/c1-2-3-4-5-6/h2-3H,4-6H2,1H3/b3-2-. The van der Waals surface area contributed by atoms with Crippen LogP contribution in [-0.4, -0.2) is 6.16 Å². The van der Waals surface area contributed by atoms with Gasteiger partial charge in [0.1, 0.15) is 0 Å². The minimum Gasteiger partial charge on any atom is -0.137 e. The second kappa shape index (κ2) is 5.17. The van der Waals surface area contributed by atoms with Gasteiger partial charge >= 0.3 is 0 Å². The third-order valence-corrected chi connectivity index (χ3v) is 0.902. The summed E-state index contributed by atoms with van der Waals surface area (Å²) in [5.74, 6) is 0. The molecule has 6 heavy (non-hydrogen) atoms. The molecule has 0 amide bonds. The molecule has 1 unspecified atom stereocenters. The maximum atomic E-state index is 2.68. The molecule has 0 spiro atoms. The van der Waals surface area contributed by atoms with Crippen molar-refractivity contribution >= 4 is 9.24 Å². The molecule has 0 nitrogen and oxygen atoms in total. The Morgan fingerprint density at radius 1 is 1.67 bits per heavy atom. The Labute approximate surface area is 41.8 Å². The first-order valence-electron chi connectivity index (χ1n) is 2.23. The molecule has 0 heterocycles. The zero-order chi connectivity index (χ0) is 4.83. The summed E-state index contributed by atoms with van der Waals surface area (Å²) in [6, 6.07) is 0. The summed E-state index contributed by atoms with van der Waals surface area (Å²) in [6.07, 6.45) is 6.61. The lowest BCUT2D eigenvalue weighted by atomic mass is 10.4. The molecule has 0 aromatic heterocycles. The summed E-state index contributed by atoms with van der Waals surface area (Å²) in [7, 11) is 2.68. The molecule has 0 saturated heterocycles. The molecule has 0 aliphatic rings. The molecular weight excluding hydrogens is 91.0 g/mol. The molecule has 0 bridgehead atoms. The Kier molecular flexibility index (Phi) is 5.32. The normalized spacial score (nSPS) is 10.3. The highest BCUT2D eigenvalue weighted by molar-refractivity contribution is 7.16. The summed E-state index contributed by atoms with van der Waals surface area (Å²) in [5.41, 5.74) is 0. The van der Waals surface area contributed by atoms with Gasteiger partial charge < -0.3 is 0 Å². The lowest BCUT2D eigenvalue weighted by molar-refractivity contribution is 1.24. The summed E-state index contributed by atoms with van der Waals surface area (Å²) in [5, 5.41) is 0. The Balaban J connectivity index is 2.66. The summed E-state index contributed by atoms with van der Waals surface area (Å²) in [6.45, 7) is 2.04. The Morgan fingerprint density at radius 2 is 2.33 bits per heavy atom. The summed E-state index contributed by atoms with van der Waals surface area (Å²) >= 11 is 0. The van der Waals surface area contributed by atoms with E-state index in [0.29, 0.717) is 0 Å². The molecular formula is C5H11P. The SMILES string of the molecule is C/C=C\CCP. The third-order valence-electron chi connectivity index (χ3n) is 0.569. The third kappa shape index (κ3) is 4.17. The predicted molar refractivity (Wildman–Crippen MR) is 34.0 cm³/mol. The van der Waals surface area contributed by atoms with Crippen LogP contribution in [0.15, 0.2) is 12.2 Å². The van der Waals surface area contributed by atoms with E-state index in [1.54, 1.807) is 0 Å². The first-order valence-corrected chi connectivity index (χ1v) is 3.04. The average Bonchev–Trinajstić information content (AvgIpc) is 1.61. The first-order chi connectivity index (χ1) is 2.91. The predicted octanol–water partition coefficient (Wildman–Crippen LogP) is 1.83. The molecule has 0 N–H and O–H groups in total. The van der Waals surface area contributed by atoms with Gasteiger partial charge in [-0.25, -0.2) is 0 Å². The van der Waals surface area contributed by atoms with Gasteiger partial charge in [0.15, 0.2) is 0 Å². The van der Waals surface area contributed by atoms with Gasteiger partial charge in [-0.1, -0.05) is 12.2 Å². The van der Waals surface area contributed by atoms with E-state index in [-0.39, 0.29) is 0 Å². The quantitative estimate of drug-likeness (QED) is 0.368. The van der Waals surface area contributed by atoms with Gasteiger partial charge in [0.05, 0.1) is 0 Å². The highest BCUT2D eigenvalue weighted by Crippen LogP contribution is 1.87. The Morgan fingerprint density at radius 3 is 2.50 bits per heavy atom. The van der Waals surface area contributed by atoms with Gasteiger partial charge in [-0.05, 0) is 19.5 Å². The van der Waals surface area contributed by atoms with Crippen LogP contribution in [0.25, 0.3) is 0 Å². The molecule has 1 heteroatoms. The van der Waals surface area contributed by atoms with Crippen molar-refractivity contribution < 1.29 is 0 Å². The van der Waals surface area contributed by atoms with Gasteiger partial charge in [-0.15, -0.1) is 9.24 Å². The molecule has 0 aromatic rings. The van der Waals surface area contributed by atoms with E-state index >= 15 is 0 Å². The van der Waals surface area contributed by atoms with Crippen LogP contribution in [-0.2, 0) is 0 Å². The Bertz CT molecular complexity index is 39.2. The molecule has 0 aliphatic carbocycles. The van der Waals surface area contributed by atoms with Crippen LogP contribution in [0.5, 0.6) is 0 Å². The van der Waals surface area contributed by atoms with E-state index in [4.69, 9.17) is 0 Å². The molecule has 0 aliphatic heterocycles. The monoisotopic (exact) mass is 102 g/mol. The van der Waals surface area contributed by atoms with Gasteiger partial charge in [0, 0.05) is 0 Å². The highest BCUT2D eigenvalue weighted by Gasteiger charge is 1.64. The molecule has 0 rings (SSSR count). The van der Waals surface area contributed by atoms with Crippen molar-refractivity contribution in [3.63, 3.8) is 0 Å². The maximum absolute atomic E-state index is 2.68. The van der Waals surface area contributed by atoms with Crippen LogP contribution in [0, 0.1) is 0 Å². The zero-order valence-electron chi connectivity index (χ0n) is 4.15. The molecule has 0 aromatic carbocycles. The van der Waals surface area contributed by atoms with Crippen LogP contribution in [0.4, 0.5) is 0 Å². The van der Waals surface area contributed by atoms with Gasteiger partial charge in [0.2, 0.25) is 0 Å². The number of hydrogen-bond donors (Lipinski definition) is 0. The summed E-state index contributed by atoms with van der Waals surface area (Å²) < 4.78 is 0. The lowest BCUT2D eigenvalue weighted by Gasteiger charge is -1.76. The molecule has 1 atom stereocenters. The van der Waals surface area contributed by atoms with Crippen molar-refractivity contribution in [3.8, 4) is 0 Å². The van der Waals surface area contributed by atoms with E-state index in [0.717, 1.165) is 0 Å². The number of rotatable bonds is 2. The van der Waals surface area contributed by atoms with Crippen molar-refractivity contribution in [3.05, 3.63) is 12.2 Å². The fourth-order valence-electron chi connectivity index (χ4n) is 0.263. The largest absolute Gasteiger partial charge is 0.137 e. The van der Waals surface area contributed by atoms with Crippen molar-refractivity contribution in [2.24, 2.45) is 0 Å². The molecule has 0 radical (unpaired) electrons. The van der Waals surface area contributed by atoms with E-state index in [1.807, 2.05) is 6.92 Å². The minimum atomic E-state index is 1.18. The fourth-order valence-corrected chi connectivity index (χ4v) is 0.455. The van der Waals surface area contributed by atoms with Crippen LogP contribution >= 0.6 is 9.24 Å². The molecule has 0 fully saturated rings. The maximum Gasteiger partial charge on any atom is -0.0316 e. The van der Waals surface area contributed by atoms with Crippen molar-refractivity contribution in [2.75, 3.05) is 6.16 Å². The fraction of sp³-hybridized carbons (Fsp3) is 0.600. The molecule has 0 saturated carbocycles. The van der Waals surface area contributed by atoms with Crippen LogP contribution < -0.4 is 0 Å². The lowest BCUT2D eigenvalue weighted by Crippen LogP contribution is -1.60.